The second-order valence-electron chi connectivity index (χ2n) is 11.4. The highest BCUT2D eigenvalue weighted by Crippen LogP contribution is 2.39. The van der Waals surface area contributed by atoms with Gasteiger partial charge in [0.15, 0.2) is 5.82 Å². The van der Waals surface area contributed by atoms with Crippen LogP contribution < -0.4 is 20.7 Å². The van der Waals surface area contributed by atoms with Gasteiger partial charge in [-0.2, -0.15) is 37.4 Å². The monoisotopic (exact) mass is 889 g/mol. The van der Waals surface area contributed by atoms with Crippen molar-refractivity contribution in [3.05, 3.63) is 110 Å². The maximum absolute atomic E-state index is 13.5. The zero-order chi connectivity index (χ0) is 42.4. The van der Waals surface area contributed by atoms with Gasteiger partial charge in [0.25, 0.3) is 30.3 Å². The molecule has 3 aromatic heterocycles. The minimum absolute atomic E-state index is 0.157. The van der Waals surface area contributed by atoms with Crippen molar-refractivity contribution in [1.29, 1.82) is 5.26 Å². The summed E-state index contributed by atoms with van der Waals surface area (Å²) < 4.78 is 109. The highest BCUT2D eigenvalue weighted by Gasteiger charge is 2.59. The summed E-state index contributed by atoms with van der Waals surface area (Å²) in [7, 11) is 2.72. The number of hydrogen-bond acceptors (Lipinski definition) is 8. The zero-order valence-electron chi connectivity index (χ0n) is 29.1. The molecule has 0 fully saturated rings. The van der Waals surface area contributed by atoms with Crippen LogP contribution in [-0.4, -0.2) is 67.8 Å². The van der Waals surface area contributed by atoms with Gasteiger partial charge < -0.3 is 20.7 Å². The van der Waals surface area contributed by atoms with Crippen molar-refractivity contribution in [1.82, 2.24) is 29.9 Å². The number of rotatable bonds is 10. The van der Waals surface area contributed by atoms with E-state index in [1.807, 2.05) is 11.4 Å². The van der Waals surface area contributed by atoms with Gasteiger partial charge in [0.05, 0.1) is 39.2 Å². The van der Waals surface area contributed by atoms with E-state index in [4.69, 9.17) is 11.6 Å². The first-order valence-corrected chi connectivity index (χ1v) is 16.8. The van der Waals surface area contributed by atoms with Gasteiger partial charge in [0.2, 0.25) is 0 Å². The lowest BCUT2D eigenvalue weighted by molar-refractivity contribution is -0.304. The molecular formula is C34H25BrClF8N9O4. The van der Waals surface area contributed by atoms with Crippen LogP contribution in [0.1, 0.15) is 54.5 Å². The van der Waals surface area contributed by atoms with Crippen molar-refractivity contribution in [3.8, 4) is 17.6 Å². The fraction of sp³-hybridized carbons (Fsp3) is 0.206. The molecule has 1 atom stereocenters. The van der Waals surface area contributed by atoms with Crippen LogP contribution in [-0.2, 0) is 7.05 Å². The maximum Gasteiger partial charge on any atom is 0.439 e. The zero-order valence-corrected chi connectivity index (χ0v) is 31.4. The fourth-order valence-electron chi connectivity index (χ4n) is 4.80. The summed E-state index contributed by atoms with van der Waals surface area (Å²) >= 11 is 9.45. The van der Waals surface area contributed by atoms with E-state index in [0.717, 1.165) is 29.1 Å². The molecule has 3 amide bonds. The van der Waals surface area contributed by atoms with Gasteiger partial charge in [0.1, 0.15) is 21.7 Å². The SMILES string of the molecule is CNC(=O)c1cc(C#N)cc(C)c1NC(=O)c1cc(Br)nn1-c1ncccc1Cl.Cn1cc(C(=O)Nc2ccccc2OC(F)(F)C(F)C(F)(F)F)c(C(F)F)n1. The van der Waals surface area contributed by atoms with E-state index in [0.29, 0.717) is 26.4 Å². The number of alkyl halides is 8. The Bertz CT molecular complexity index is 2350. The van der Waals surface area contributed by atoms with Crippen molar-refractivity contribution in [3.63, 3.8) is 0 Å². The Morgan fingerprint density at radius 2 is 1.63 bits per heavy atom. The average Bonchev–Trinajstić information content (AvgIpc) is 3.75. The molecule has 5 aromatic rings. The normalized spacial score (nSPS) is 11.9. The second kappa shape index (κ2) is 17.8. The van der Waals surface area contributed by atoms with Crippen LogP contribution in [0.2, 0.25) is 5.02 Å². The number of halogens is 10. The van der Waals surface area contributed by atoms with Gasteiger partial charge in [-0.25, -0.2) is 22.8 Å². The Labute approximate surface area is 329 Å². The third-order valence-electron chi connectivity index (χ3n) is 7.30. The van der Waals surface area contributed by atoms with Crippen LogP contribution in [0, 0.1) is 18.3 Å². The number of aryl methyl sites for hydroxylation is 2. The van der Waals surface area contributed by atoms with Crippen molar-refractivity contribution >= 4 is 56.6 Å². The smallest absolute Gasteiger partial charge is 0.428 e. The lowest BCUT2D eigenvalue weighted by Crippen LogP contribution is -2.45. The minimum Gasteiger partial charge on any atom is -0.428 e. The number of amides is 3. The van der Waals surface area contributed by atoms with Gasteiger partial charge in [-0.1, -0.05) is 23.7 Å². The second-order valence-corrected chi connectivity index (χ2v) is 12.6. The van der Waals surface area contributed by atoms with E-state index in [-0.39, 0.29) is 17.1 Å². The van der Waals surface area contributed by atoms with E-state index in [9.17, 15) is 54.8 Å². The summed E-state index contributed by atoms with van der Waals surface area (Å²) in [6, 6.07) is 13.8. The largest absolute Gasteiger partial charge is 0.439 e. The number of benzene rings is 2. The van der Waals surface area contributed by atoms with Gasteiger partial charge in [-0.05, 0) is 64.8 Å². The Balaban J connectivity index is 0.000000253. The number of aromatic nitrogens is 5. The number of anilines is 2. The minimum atomic E-state index is -5.90. The van der Waals surface area contributed by atoms with Gasteiger partial charge in [-0.15, -0.1) is 0 Å². The molecule has 0 aliphatic rings. The predicted octanol–water partition coefficient (Wildman–Crippen LogP) is 7.96. The average molecular weight is 891 g/mol. The van der Waals surface area contributed by atoms with Crippen molar-refractivity contribution in [2.75, 3.05) is 17.7 Å². The summed E-state index contributed by atoms with van der Waals surface area (Å²) in [5.74, 6) is -2.88. The molecule has 0 saturated carbocycles. The number of pyridine rings is 1. The first-order chi connectivity index (χ1) is 26.7. The van der Waals surface area contributed by atoms with Crippen LogP contribution in [0.3, 0.4) is 0 Å². The molecule has 3 heterocycles. The first-order valence-electron chi connectivity index (χ1n) is 15.6. The Morgan fingerprint density at radius 3 is 2.25 bits per heavy atom. The number of carbonyl (C=O) groups excluding carboxylic acids is 3. The molecule has 0 bridgehead atoms. The van der Waals surface area contributed by atoms with Crippen molar-refractivity contribution in [2.24, 2.45) is 7.05 Å². The fourth-order valence-corrected chi connectivity index (χ4v) is 5.37. The Kier molecular flexibility index (Phi) is 13.6. The van der Waals surface area contributed by atoms with Crippen LogP contribution in [0.4, 0.5) is 46.5 Å². The lowest BCUT2D eigenvalue weighted by Gasteiger charge is -2.24. The van der Waals surface area contributed by atoms with E-state index >= 15 is 0 Å². The maximum atomic E-state index is 13.5. The predicted molar refractivity (Wildman–Crippen MR) is 190 cm³/mol. The molecule has 3 N–H and O–H groups in total. The number of para-hydroxylation sites is 2. The van der Waals surface area contributed by atoms with Crippen molar-refractivity contribution < 1.29 is 54.2 Å². The molecule has 2 aromatic carbocycles. The number of hydrogen-bond donors (Lipinski definition) is 3. The summed E-state index contributed by atoms with van der Waals surface area (Å²) in [4.78, 5) is 41.7. The van der Waals surface area contributed by atoms with Crippen LogP contribution in [0.5, 0.6) is 5.75 Å². The Hall–Kier alpha value is -6.08. The molecular weight excluding hydrogens is 866 g/mol. The quantitative estimate of drug-likeness (QED) is 0.119. The van der Waals surface area contributed by atoms with Crippen molar-refractivity contribution in [2.45, 2.75) is 31.8 Å². The summed E-state index contributed by atoms with van der Waals surface area (Å²) in [5.41, 5.74) is -0.580. The molecule has 5 rings (SSSR count). The van der Waals surface area contributed by atoms with Gasteiger partial charge >= 0.3 is 12.3 Å². The highest BCUT2D eigenvalue weighted by atomic mass is 79.9. The molecule has 57 heavy (non-hydrogen) atoms. The molecule has 0 aliphatic heterocycles. The van der Waals surface area contributed by atoms with Crippen LogP contribution in [0.25, 0.3) is 5.82 Å². The molecule has 0 spiro atoms. The number of ether oxygens (including phenoxy) is 1. The van der Waals surface area contributed by atoms with Gasteiger partial charge in [-0.3, -0.25) is 19.1 Å². The molecule has 300 valence electrons. The van der Waals surface area contributed by atoms with E-state index in [1.54, 1.807) is 25.1 Å². The highest BCUT2D eigenvalue weighted by molar-refractivity contribution is 9.10. The van der Waals surface area contributed by atoms with E-state index < -0.39 is 65.3 Å². The number of nitriles is 1. The Morgan fingerprint density at radius 1 is 0.947 bits per heavy atom. The lowest BCUT2D eigenvalue weighted by atomic mass is 10.0. The summed E-state index contributed by atoms with van der Waals surface area (Å²) in [5, 5.41) is 24.3. The third-order valence-corrected chi connectivity index (χ3v) is 7.98. The number of nitrogens with one attached hydrogen (secondary N) is 3. The number of nitrogens with zero attached hydrogens (tertiary/aromatic N) is 6. The molecule has 1 unspecified atom stereocenters. The van der Waals surface area contributed by atoms with E-state index in [1.165, 1.54) is 43.2 Å². The summed E-state index contributed by atoms with van der Waals surface area (Å²) in [6.07, 6.45) is -16.5. The molecule has 0 aliphatic carbocycles. The van der Waals surface area contributed by atoms with E-state index in [2.05, 4.69) is 46.5 Å². The molecule has 23 heteroatoms. The standard InChI is InChI=1S/C19H14BrClN6O2.C15H11F8N3O2/c1-10-6-11(9-22)7-12(18(28)23-2)16(10)25-19(29)14-8-15(20)26-27(14)17-13(21)4-3-5-24-17;1-26-6-7(10(25-26)11(16)17)12(27)24-8-4-2-3-5-9(8)28-15(22,23)13(18)14(19,20)21/h3-8H,1-2H3,(H,23,28)(H,25,29);2-6,11,13H,1H3,(H,24,27). The molecule has 0 radical (unpaired) electrons. The topological polar surface area (TPSA) is 169 Å². The van der Waals surface area contributed by atoms with Crippen LogP contribution in [0.15, 0.2) is 71.6 Å². The molecule has 13 nitrogen and oxygen atoms in total. The number of carbonyl (C=O) groups is 3. The van der Waals surface area contributed by atoms with Gasteiger partial charge in [0, 0.05) is 32.6 Å². The van der Waals surface area contributed by atoms with Crippen LogP contribution >= 0.6 is 27.5 Å². The first kappa shape index (κ1) is 43.6. The third kappa shape index (κ3) is 10.4. The molecule has 0 saturated heterocycles. The summed E-state index contributed by atoms with van der Waals surface area (Å²) in [6.45, 7) is 1.70.